The van der Waals surface area contributed by atoms with Gasteiger partial charge in [0.15, 0.2) is 4.96 Å². The number of nitrogens with one attached hydrogen (secondary N) is 1. The molecule has 0 radical (unpaired) electrons. The quantitative estimate of drug-likeness (QED) is 0.394. The van der Waals surface area contributed by atoms with Crippen molar-refractivity contribution in [1.29, 1.82) is 0 Å². The zero-order valence-electron chi connectivity index (χ0n) is 17.9. The van der Waals surface area contributed by atoms with Gasteiger partial charge in [0.2, 0.25) is 15.9 Å². The predicted molar refractivity (Wildman–Crippen MR) is 125 cm³/mol. The van der Waals surface area contributed by atoms with Gasteiger partial charge in [0.05, 0.1) is 31.2 Å². The van der Waals surface area contributed by atoms with Crippen molar-refractivity contribution >= 4 is 32.2 Å². The Kier molecular flexibility index (Phi) is 6.36. The third kappa shape index (κ3) is 5.00. The van der Waals surface area contributed by atoms with Crippen LogP contribution >= 0.6 is 11.3 Å². The van der Waals surface area contributed by atoms with E-state index in [4.69, 9.17) is 14.6 Å². The largest absolute Gasteiger partial charge is 0.497 e. The highest BCUT2D eigenvalue weighted by Crippen LogP contribution is 2.34. The Hall–Kier alpha value is -3.41. The van der Waals surface area contributed by atoms with Crippen LogP contribution in [0.5, 0.6) is 11.5 Å². The SMILES string of the molecule is COc1ccc(OC)c(-c2cn3c(CC(=O)NCc4ccc(S(N)(=O)=O)cc4)csc3n2)c1. The van der Waals surface area contributed by atoms with Crippen LogP contribution in [0.1, 0.15) is 11.3 Å². The van der Waals surface area contributed by atoms with Crippen molar-refractivity contribution in [2.75, 3.05) is 14.2 Å². The molecule has 4 rings (SSSR count). The van der Waals surface area contributed by atoms with Crippen molar-refractivity contribution in [1.82, 2.24) is 14.7 Å². The van der Waals surface area contributed by atoms with Crippen molar-refractivity contribution < 1.29 is 22.7 Å². The number of primary sulfonamides is 1. The molecule has 4 aromatic rings. The number of aromatic nitrogens is 2. The highest BCUT2D eigenvalue weighted by atomic mass is 32.2. The number of benzene rings is 2. The monoisotopic (exact) mass is 486 g/mol. The van der Waals surface area contributed by atoms with Gasteiger partial charge in [0.1, 0.15) is 11.5 Å². The maximum Gasteiger partial charge on any atom is 0.238 e. The molecule has 3 N–H and O–H groups in total. The van der Waals surface area contributed by atoms with E-state index >= 15 is 0 Å². The lowest BCUT2D eigenvalue weighted by atomic mass is 10.1. The number of methoxy groups -OCH3 is 2. The van der Waals surface area contributed by atoms with Crippen LogP contribution in [-0.2, 0) is 27.8 Å². The Labute approximate surface area is 194 Å². The average molecular weight is 487 g/mol. The molecule has 1 amide bonds. The summed E-state index contributed by atoms with van der Waals surface area (Å²) in [4.78, 5) is 18.0. The molecule has 0 fully saturated rings. The number of hydrogen-bond acceptors (Lipinski definition) is 7. The van der Waals surface area contributed by atoms with E-state index in [1.165, 1.54) is 23.5 Å². The van der Waals surface area contributed by atoms with Gasteiger partial charge < -0.3 is 14.8 Å². The van der Waals surface area contributed by atoms with Crippen LogP contribution in [0.2, 0.25) is 0 Å². The first-order valence-corrected chi connectivity index (χ1v) is 12.3. The third-order valence-electron chi connectivity index (χ3n) is 5.05. The first-order chi connectivity index (χ1) is 15.8. The summed E-state index contributed by atoms with van der Waals surface area (Å²) in [6, 6.07) is 11.6. The number of rotatable bonds is 8. The van der Waals surface area contributed by atoms with E-state index in [0.29, 0.717) is 17.2 Å². The van der Waals surface area contributed by atoms with E-state index in [-0.39, 0.29) is 23.8 Å². The summed E-state index contributed by atoms with van der Waals surface area (Å²) >= 11 is 1.44. The molecule has 0 atom stereocenters. The van der Waals surface area contributed by atoms with Crippen LogP contribution < -0.4 is 19.9 Å². The zero-order chi connectivity index (χ0) is 23.6. The van der Waals surface area contributed by atoms with Gasteiger partial charge in [0, 0.05) is 29.4 Å². The molecular formula is C22H22N4O5S2. The lowest BCUT2D eigenvalue weighted by Gasteiger charge is -2.08. The minimum Gasteiger partial charge on any atom is -0.497 e. The van der Waals surface area contributed by atoms with Crippen molar-refractivity contribution in [2.24, 2.45) is 5.14 Å². The number of nitrogens with two attached hydrogens (primary N) is 1. The summed E-state index contributed by atoms with van der Waals surface area (Å²) in [7, 11) is -0.543. The standard InChI is InChI=1S/C22H22N4O5S2/c1-30-16-5-8-20(31-2)18(10-16)19-12-26-15(13-32-22(26)25-19)9-21(27)24-11-14-3-6-17(7-4-14)33(23,28)29/h3-8,10,12-13H,9,11H2,1-2H3,(H,24,27)(H2,23,28,29). The van der Waals surface area contributed by atoms with Gasteiger partial charge >= 0.3 is 0 Å². The number of carbonyl (C=O) groups is 1. The molecule has 0 unspecified atom stereocenters. The molecule has 0 saturated heterocycles. The Morgan fingerprint density at radius 1 is 1.15 bits per heavy atom. The Morgan fingerprint density at radius 3 is 2.58 bits per heavy atom. The van der Waals surface area contributed by atoms with Crippen LogP contribution in [0.25, 0.3) is 16.2 Å². The zero-order valence-corrected chi connectivity index (χ0v) is 19.6. The molecule has 2 aromatic heterocycles. The Bertz CT molecular complexity index is 1410. The number of hydrogen-bond donors (Lipinski definition) is 2. The van der Waals surface area contributed by atoms with Gasteiger partial charge in [-0.05, 0) is 35.9 Å². The van der Waals surface area contributed by atoms with Crippen molar-refractivity contribution in [3.05, 3.63) is 65.3 Å². The normalized spacial score (nSPS) is 11.5. The molecule has 2 aromatic carbocycles. The number of carbonyl (C=O) groups excluding carboxylic acids is 1. The fourth-order valence-corrected chi connectivity index (χ4v) is 4.71. The van der Waals surface area contributed by atoms with E-state index in [1.54, 1.807) is 26.4 Å². The van der Waals surface area contributed by atoms with Crippen LogP contribution in [0.3, 0.4) is 0 Å². The highest BCUT2D eigenvalue weighted by Gasteiger charge is 2.16. The smallest absolute Gasteiger partial charge is 0.238 e. The number of sulfonamides is 1. The second-order valence-electron chi connectivity index (χ2n) is 7.21. The Balaban J connectivity index is 1.47. The molecule has 0 aliphatic rings. The van der Waals surface area contributed by atoms with Gasteiger partial charge in [-0.15, -0.1) is 11.3 Å². The molecule has 172 valence electrons. The summed E-state index contributed by atoms with van der Waals surface area (Å²) in [6.07, 6.45) is 2.04. The van der Waals surface area contributed by atoms with Gasteiger partial charge in [-0.1, -0.05) is 12.1 Å². The predicted octanol–water partition coefficient (Wildman–Crippen LogP) is 2.59. The average Bonchev–Trinajstić information content (AvgIpc) is 3.39. The van der Waals surface area contributed by atoms with Crippen LogP contribution in [-0.4, -0.2) is 37.9 Å². The minimum absolute atomic E-state index is 0.0295. The summed E-state index contributed by atoms with van der Waals surface area (Å²) in [5.74, 6) is 1.20. The van der Waals surface area contributed by atoms with Gasteiger partial charge in [-0.2, -0.15) is 0 Å². The number of nitrogens with zero attached hydrogens (tertiary/aromatic N) is 2. The minimum atomic E-state index is -3.74. The number of ether oxygens (including phenoxy) is 2. The maximum absolute atomic E-state index is 12.5. The van der Waals surface area contributed by atoms with Gasteiger partial charge in [-0.3, -0.25) is 9.20 Å². The number of fused-ring (bicyclic) bond motifs is 1. The van der Waals surface area contributed by atoms with Crippen LogP contribution in [0.15, 0.2) is 58.9 Å². The van der Waals surface area contributed by atoms with E-state index in [9.17, 15) is 13.2 Å². The summed E-state index contributed by atoms with van der Waals surface area (Å²) < 4.78 is 35.4. The topological polar surface area (TPSA) is 125 Å². The first kappa shape index (κ1) is 22.8. The molecule has 2 heterocycles. The fraction of sp³-hybridized carbons (Fsp3) is 0.182. The second-order valence-corrected chi connectivity index (χ2v) is 9.61. The summed E-state index contributed by atoms with van der Waals surface area (Å²) in [5, 5.41) is 9.85. The Morgan fingerprint density at radius 2 is 1.91 bits per heavy atom. The maximum atomic E-state index is 12.5. The first-order valence-electron chi connectivity index (χ1n) is 9.85. The van der Waals surface area contributed by atoms with Crippen molar-refractivity contribution in [3.63, 3.8) is 0 Å². The van der Waals surface area contributed by atoms with Gasteiger partial charge in [-0.25, -0.2) is 18.5 Å². The summed E-state index contributed by atoms with van der Waals surface area (Å²) in [5.41, 5.74) is 3.08. The van der Waals surface area contributed by atoms with E-state index in [0.717, 1.165) is 21.8 Å². The lowest BCUT2D eigenvalue weighted by molar-refractivity contribution is -0.120. The molecule has 33 heavy (non-hydrogen) atoms. The second kappa shape index (κ2) is 9.22. The molecule has 0 bridgehead atoms. The number of amides is 1. The highest BCUT2D eigenvalue weighted by molar-refractivity contribution is 7.89. The number of imidazole rings is 1. The molecular weight excluding hydrogens is 464 g/mol. The molecule has 11 heteroatoms. The lowest BCUT2D eigenvalue weighted by Crippen LogP contribution is -2.25. The third-order valence-corrected chi connectivity index (χ3v) is 6.87. The van der Waals surface area contributed by atoms with Crippen LogP contribution in [0.4, 0.5) is 0 Å². The molecule has 0 saturated carbocycles. The van der Waals surface area contributed by atoms with E-state index in [1.807, 2.05) is 34.2 Å². The summed E-state index contributed by atoms with van der Waals surface area (Å²) in [6.45, 7) is 0.271. The van der Waals surface area contributed by atoms with Gasteiger partial charge in [0.25, 0.3) is 0 Å². The van der Waals surface area contributed by atoms with Crippen molar-refractivity contribution in [2.45, 2.75) is 17.9 Å². The van der Waals surface area contributed by atoms with Crippen LogP contribution in [0, 0.1) is 0 Å². The molecule has 9 nitrogen and oxygen atoms in total. The molecule has 0 aliphatic carbocycles. The molecule has 0 spiro atoms. The van der Waals surface area contributed by atoms with E-state index in [2.05, 4.69) is 10.3 Å². The van der Waals surface area contributed by atoms with Crippen molar-refractivity contribution in [3.8, 4) is 22.8 Å². The fourth-order valence-electron chi connectivity index (χ4n) is 3.33. The number of thiazole rings is 1. The molecule has 0 aliphatic heterocycles. The van der Waals surface area contributed by atoms with E-state index < -0.39 is 10.0 Å².